The molecular formula is C18H24O4. The number of ether oxygens (including phenoxy) is 3. The minimum Gasteiger partial charge on any atom is -0.497 e. The van der Waals surface area contributed by atoms with Crippen LogP contribution >= 0.6 is 0 Å². The lowest BCUT2D eigenvalue weighted by molar-refractivity contribution is -0.142. The molecule has 120 valence electrons. The van der Waals surface area contributed by atoms with Crippen molar-refractivity contribution in [3.63, 3.8) is 0 Å². The Labute approximate surface area is 132 Å². The van der Waals surface area contributed by atoms with Crippen molar-refractivity contribution in [2.45, 2.75) is 39.0 Å². The number of carbonyl (C=O) groups excluding carboxylic acids is 1. The van der Waals surface area contributed by atoms with Crippen LogP contribution in [-0.2, 0) is 9.53 Å². The van der Waals surface area contributed by atoms with E-state index in [0.717, 1.165) is 42.7 Å². The largest absolute Gasteiger partial charge is 0.497 e. The van der Waals surface area contributed by atoms with E-state index >= 15 is 0 Å². The highest BCUT2D eigenvalue weighted by Gasteiger charge is 2.18. The summed E-state index contributed by atoms with van der Waals surface area (Å²) in [7, 11) is 3.29. The fraction of sp³-hybridized carbons (Fsp3) is 0.500. The Balaban J connectivity index is 2.36. The molecule has 0 heterocycles. The van der Waals surface area contributed by atoms with Crippen molar-refractivity contribution >= 4 is 11.5 Å². The molecule has 0 saturated carbocycles. The number of hydrogen-bond donors (Lipinski definition) is 0. The Morgan fingerprint density at radius 2 is 1.68 bits per heavy atom. The Morgan fingerprint density at radius 3 is 2.27 bits per heavy atom. The number of rotatable bonds is 6. The highest BCUT2D eigenvalue weighted by Crippen LogP contribution is 2.37. The van der Waals surface area contributed by atoms with E-state index in [1.807, 2.05) is 25.1 Å². The topological polar surface area (TPSA) is 44.8 Å². The van der Waals surface area contributed by atoms with Gasteiger partial charge in [-0.3, -0.25) is 4.79 Å². The summed E-state index contributed by atoms with van der Waals surface area (Å²) in [6.07, 6.45) is 4.57. The first kappa shape index (κ1) is 16.4. The first-order valence-electron chi connectivity index (χ1n) is 7.78. The fourth-order valence-electron chi connectivity index (χ4n) is 2.88. The van der Waals surface area contributed by atoms with E-state index < -0.39 is 0 Å². The highest BCUT2D eigenvalue weighted by atomic mass is 16.5. The maximum absolute atomic E-state index is 11.8. The lowest BCUT2D eigenvalue weighted by Crippen LogP contribution is -2.09. The van der Waals surface area contributed by atoms with Crippen molar-refractivity contribution in [2.24, 2.45) is 0 Å². The third-order valence-corrected chi connectivity index (χ3v) is 3.95. The van der Waals surface area contributed by atoms with Gasteiger partial charge in [-0.05, 0) is 55.9 Å². The molecule has 0 aliphatic heterocycles. The number of allylic oxidation sites excluding steroid dienone is 1. The standard InChI is InChI=1S/C18H24O4/c1-4-22-18(19)11-13-7-5-6-8-17(13)14-9-15(20-2)12-16(10-14)21-3/h9-10,12H,4-8,11H2,1-3H3. The van der Waals surface area contributed by atoms with Crippen LogP contribution in [0.15, 0.2) is 23.8 Å². The molecule has 0 unspecified atom stereocenters. The third-order valence-electron chi connectivity index (χ3n) is 3.95. The van der Waals surface area contributed by atoms with E-state index in [4.69, 9.17) is 14.2 Å². The molecule has 0 fully saturated rings. The van der Waals surface area contributed by atoms with E-state index in [-0.39, 0.29) is 5.97 Å². The maximum Gasteiger partial charge on any atom is 0.309 e. The second-order valence-electron chi connectivity index (χ2n) is 5.37. The molecule has 1 aliphatic carbocycles. The predicted octanol–water partition coefficient (Wildman–Crippen LogP) is 3.98. The first-order chi connectivity index (χ1) is 10.7. The van der Waals surface area contributed by atoms with Crippen molar-refractivity contribution in [3.8, 4) is 11.5 Å². The van der Waals surface area contributed by atoms with E-state index in [1.165, 1.54) is 11.1 Å². The van der Waals surface area contributed by atoms with Gasteiger partial charge in [0.05, 0.1) is 27.2 Å². The molecular weight excluding hydrogens is 280 g/mol. The molecule has 22 heavy (non-hydrogen) atoms. The van der Waals surface area contributed by atoms with E-state index in [2.05, 4.69) is 0 Å². The Hall–Kier alpha value is -1.97. The van der Waals surface area contributed by atoms with E-state index in [1.54, 1.807) is 14.2 Å². The lowest BCUT2D eigenvalue weighted by Gasteiger charge is -2.21. The van der Waals surface area contributed by atoms with Crippen molar-refractivity contribution in [3.05, 3.63) is 29.3 Å². The minimum atomic E-state index is -0.147. The van der Waals surface area contributed by atoms with Crippen molar-refractivity contribution in [2.75, 3.05) is 20.8 Å². The molecule has 1 aliphatic rings. The summed E-state index contributed by atoms with van der Waals surface area (Å²) in [6.45, 7) is 2.26. The zero-order valence-electron chi connectivity index (χ0n) is 13.6. The Kier molecular flexibility index (Phi) is 5.87. The first-order valence-corrected chi connectivity index (χ1v) is 7.78. The number of methoxy groups -OCH3 is 2. The van der Waals surface area contributed by atoms with Crippen LogP contribution in [-0.4, -0.2) is 26.8 Å². The molecule has 4 heteroatoms. The fourth-order valence-corrected chi connectivity index (χ4v) is 2.88. The molecule has 4 nitrogen and oxygen atoms in total. The van der Waals surface area contributed by atoms with Gasteiger partial charge in [0, 0.05) is 6.07 Å². The second kappa shape index (κ2) is 7.87. The summed E-state index contributed by atoms with van der Waals surface area (Å²) in [5.41, 5.74) is 3.49. The molecule has 2 rings (SSSR count). The second-order valence-corrected chi connectivity index (χ2v) is 5.37. The van der Waals surface area contributed by atoms with Gasteiger partial charge in [0.2, 0.25) is 0 Å². The zero-order chi connectivity index (χ0) is 15.9. The quantitative estimate of drug-likeness (QED) is 0.746. The number of benzene rings is 1. The third kappa shape index (κ3) is 4.03. The average Bonchev–Trinajstić information content (AvgIpc) is 2.55. The zero-order valence-corrected chi connectivity index (χ0v) is 13.6. The van der Waals surface area contributed by atoms with Gasteiger partial charge in [0.1, 0.15) is 11.5 Å². The smallest absolute Gasteiger partial charge is 0.309 e. The van der Waals surface area contributed by atoms with Crippen LogP contribution in [0.3, 0.4) is 0 Å². The summed E-state index contributed by atoms with van der Waals surface area (Å²) in [5.74, 6) is 1.39. The molecule has 0 atom stereocenters. The van der Waals surface area contributed by atoms with Gasteiger partial charge in [-0.2, -0.15) is 0 Å². The lowest BCUT2D eigenvalue weighted by atomic mass is 9.85. The number of hydrogen-bond acceptors (Lipinski definition) is 4. The maximum atomic E-state index is 11.8. The van der Waals surface area contributed by atoms with Crippen molar-refractivity contribution in [1.82, 2.24) is 0 Å². The van der Waals surface area contributed by atoms with E-state index in [0.29, 0.717) is 13.0 Å². The van der Waals surface area contributed by atoms with Gasteiger partial charge in [-0.15, -0.1) is 0 Å². The van der Waals surface area contributed by atoms with Gasteiger partial charge in [-0.25, -0.2) is 0 Å². The molecule has 1 aromatic rings. The SMILES string of the molecule is CCOC(=O)CC1=C(c2cc(OC)cc(OC)c2)CCCC1. The molecule has 0 radical (unpaired) electrons. The molecule has 0 N–H and O–H groups in total. The molecule has 0 saturated heterocycles. The summed E-state index contributed by atoms with van der Waals surface area (Å²) < 4.78 is 15.8. The van der Waals surface area contributed by atoms with E-state index in [9.17, 15) is 4.79 Å². The molecule has 0 bridgehead atoms. The van der Waals surface area contributed by atoms with Crippen molar-refractivity contribution in [1.29, 1.82) is 0 Å². The number of esters is 1. The van der Waals surface area contributed by atoms with Gasteiger partial charge in [-0.1, -0.05) is 5.57 Å². The van der Waals surface area contributed by atoms with Gasteiger partial charge >= 0.3 is 5.97 Å². The molecule has 0 spiro atoms. The van der Waals surface area contributed by atoms with Gasteiger partial charge in [0.25, 0.3) is 0 Å². The highest BCUT2D eigenvalue weighted by molar-refractivity contribution is 5.79. The summed E-state index contributed by atoms with van der Waals surface area (Å²) in [5, 5.41) is 0. The average molecular weight is 304 g/mol. The normalized spacial score (nSPS) is 14.7. The summed E-state index contributed by atoms with van der Waals surface area (Å²) in [4.78, 5) is 11.8. The molecule has 0 amide bonds. The van der Waals surface area contributed by atoms with Crippen LogP contribution in [0.2, 0.25) is 0 Å². The molecule has 1 aromatic carbocycles. The Morgan fingerprint density at radius 1 is 1.05 bits per heavy atom. The van der Waals surface area contributed by atoms with Gasteiger partial charge in [0.15, 0.2) is 0 Å². The summed E-state index contributed by atoms with van der Waals surface area (Å²) in [6, 6.07) is 5.88. The summed E-state index contributed by atoms with van der Waals surface area (Å²) >= 11 is 0. The van der Waals surface area contributed by atoms with Gasteiger partial charge < -0.3 is 14.2 Å². The predicted molar refractivity (Wildman–Crippen MR) is 86.2 cm³/mol. The van der Waals surface area contributed by atoms with Crippen LogP contribution in [0.1, 0.15) is 44.6 Å². The van der Waals surface area contributed by atoms with Crippen LogP contribution in [0.4, 0.5) is 0 Å². The van der Waals surface area contributed by atoms with Crippen LogP contribution in [0, 0.1) is 0 Å². The number of carbonyl (C=O) groups is 1. The van der Waals surface area contributed by atoms with Crippen LogP contribution < -0.4 is 9.47 Å². The molecule has 0 aromatic heterocycles. The van der Waals surface area contributed by atoms with Crippen molar-refractivity contribution < 1.29 is 19.0 Å². The monoisotopic (exact) mass is 304 g/mol. The van der Waals surface area contributed by atoms with Crippen LogP contribution in [0.25, 0.3) is 5.57 Å². The Bertz CT molecular complexity index is 538. The van der Waals surface area contributed by atoms with Crippen LogP contribution in [0.5, 0.6) is 11.5 Å². The minimum absolute atomic E-state index is 0.147.